The van der Waals surface area contributed by atoms with Crippen LogP contribution in [0.1, 0.15) is 49.1 Å². The van der Waals surface area contributed by atoms with Crippen LogP contribution >= 0.6 is 0 Å². The van der Waals surface area contributed by atoms with Crippen molar-refractivity contribution in [2.45, 2.75) is 43.6 Å². The van der Waals surface area contributed by atoms with Crippen LogP contribution in [0, 0.1) is 0 Å². The van der Waals surface area contributed by atoms with Gasteiger partial charge in [0.2, 0.25) is 0 Å². The first-order valence-electron chi connectivity index (χ1n) is 8.83. The number of carbonyl (C=O) groups is 1. The number of ether oxygens (including phenoxy) is 1. The SMILES string of the molecule is NC1(C(=O)OCC2c3ccccc3-c3ccccc32)CCCCC1. The molecule has 0 spiro atoms. The molecule has 0 aliphatic heterocycles. The molecule has 0 unspecified atom stereocenters. The second-order valence-corrected chi connectivity index (χ2v) is 7.04. The van der Waals surface area contributed by atoms with Gasteiger partial charge in [0.25, 0.3) is 0 Å². The molecule has 2 N–H and O–H groups in total. The molecule has 3 nitrogen and oxygen atoms in total. The lowest BCUT2D eigenvalue weighted by Gasteiger charge is -2.31. The maximum Gasteiger partial charge on any atom is 0.326 e. The molecule has 2 aromatic carbocycles. The molecule has 0 heterocycles. The highest BCUT2D eigenvalue weighted by atomic mass is 16.5. The first kappa shape index (κ1) is 15.4. The second-order valence-electron chi connectivity index (χ2n) is 7.04. The van der Waals surface area contributed by atoms with Gasteiger partial charge in [-0.15, -0.1) is 0 Å². The van der Waals surface area contributed by atoms with E-state index in [4.69, 9.17) is 10.5 Å². The lowest BCUT2D eigenvalue weighted by atomic mass is 9.82. The Hall–Kier alpha value is -2.13. The molecule has 4 rings (SSSR count). The van der Waals surface area contributed by atoms with Gasteiger partial charge >= 0.3 is 5.97 Å². The van der Waals surface area contributed by atoms with Crippen LogP contribution in [0.25, 0.3) is 11.1 Å². The molecule has 2 aliphatic carbocycles. The van der Waals surface area contributed by atoms with Gasteiger partial charge < -0.3 is 10.5 Å². The minimum absolute atomic E-state index is 0.105. The molecule has 124 valence electrons. The van der Waals surface area contributed by atoms with E-state index in [1.165, 1.54) is 22.3 Å². The Kier molecular flexibility index (Phi) is 3.89. The van der Waals surface area contributed by atoms with E-state index in [1.807, 2.05) is 12.1 Å². The van der Waals surface area contributed by atoms with Crippen LogP contribution in [-0.2, 0) is 9.53 Å². The van der Waals surface area contributed by atoms with Crippen molar-refractivity contribution in [1.29, 1.82) is 0 Å². The maximum absolute atomic E-state index is 12.6. The third-order valence-electron chi connectivity index (χ3n) is 5.50. The molecule has 0 amide bonds. The normalized spacial score (nSPS) is 18.7. The minimum Gasteiger partial charge on any atom is -0.463 e. The van der Waals surface area contributed by atoms with Crippen molar-refractivity contribution in [1.82, 2.24) is 0 Å². The van der Waals surface area contributed by atoms with Gasteiger partial charge in [0.05, 0.1) is 0 Å². The highest BCUT2D eigenvalue weighted by molar-refractivity contribution is 5.82. The summed E-state index contributed by atoms with van der Waals surface area (Å²) in [6.45, 7) is 0.367. The Morgan fingerprint density at radius 1 is 0.958 bits per heavy atom. The van der Waals surface area contributed by atoms with Crippen molar-refractivity contribution in [2.24, 2.45) is 5.73 Å². The number of hydrogen-bond donors (Lipinski definition) is 1. The van der Waals surface area contributed by atoms with Crippen LogP contribution in [0.15, 0.2) is 48.5 Å². The van der Waals surface area contributed by atoms with Gasteiger partial charge in [-0.2, -0.15) is 0 Å². The lowest BCUT2D eigenvalue weighted by molar-refractivity contribution is -0.151. The molecule has 0 aromatic heterocycles. The van der Waals surface area contributed by atoms with E-state index >= 15 is 0 Å². The van der Waals surface area contributed by atoms with E-state index in [0.29, 0.717) is 6.61 Å². The van der Waals surface area contributed by atoms with Crippen molar-refractivity contribution < 1.29 is 9.53 Å². The fourth-order valence-electron chi connectivity index (χ4n) is 4.13. The standard InChI is InChI=1S/C21H23NO2/c22-21(12-6-1-7-13-21)20(23)24-14-19-17-10-4-2-8-15(17)16-9-3-5-11-18(16)19/h2-5,8-11,19H,1,6-7,12-14,22H2. The maximum atomic E-state index is 12.6. The van der Waals surface area contributed by atoms with Gasteiger partial charge in [0, 0.05) is 5.92 Å². The van der Waals surface area contributed by atoms with Crippen LogP contribution in [0.2, 0.25) is 0 Å². The molecule has 0 saturated heterocycles. The predicted octanol–water partition coefficient (Wildman–Crippen LogP) is 4.00. The van der Waals surface area contributed by atoms with E-state index in [9.17, 15) is 4.79 Å². The van der Waals surface area contributed by atoms with Crippen LogP contribution in [-0.4, -0.2) is 18.1 Å². The molecule has 3 heteroatoms. The molecule has 2 aromatic rings. The van der Waals surface area contributed by atoms with Crippen LogP contribution < -0.4 is 5.73 Å². The zero-order valence-corrected chi connectivity index (χ0v) is 13.8. The van der Waals surface area contributed by atoms with Gasteiger partial charge in [-0.25, -0.2) is 0 Å². The van der Waals surface area contributed by atoms with Crippen molar-refractivity contribution >= 4 is 5.97 Å². The summed E-state index contributed by atoms with van der Waals surface area (Å²) in [5.41, 5.74) is 10.5. The fourth-order valence-corrected chi connectivity index (χ4v) is 4.13. The molecule has 0 atom stereocenters. The summed E-state index contributed by atoms with van der Waals surface area (Å²) in [4.78, 5) is 12.6. The summed E-state index contributed by atoms with van der Waals surface area (Å²) < 4.78 is 5.72. The average Bonchev–Trinajstić information content (AvgIpc) is 2.94. The summed E-state index contributed by atoms with van der Waals surface area (Å²) in [6, 6.07) is 16.8. The third-order valence-corrected chi connectivity index (χ3v) is 5.50. The number of rotatable bonds is 3. The summed E-state index contributed by atoms with van der Waals surface area (Å²) in [5, 5.41) is 0. The molecule has 2 aliphatic rings. The quantitative estimate of drug-likeness (QED) is 0.869. The molecular formula is C21H23NO2. The Morgan fingerprint density at radius 2 is 1.50 bits per heavy atom. The van der Waals surface area contributed by atoms with E-state index in [2.05, 4.69) is 36.4 Å². The van der Waals surface area contributed by atoms with E-state index in [-0.39, 0.29) is 11.9 Å². The summed E-state index contributed by atoms with van der Waals surface area (Å²) in [6.07, 6.45) is 4.67. The first-order chi connectivity index (χ1) is 11.7. The molecule has 0 bridgehead atoms. The molecule has 1 saturated carbocycles. The Bertz CT molecular complexity index is 716. The number of esters is 1. The highest BCUT2D eigenvalue weighted by Crippen LogP contribution is 2.44. The van der Waals surface area contributed by atoms with Crippen molar-refractivity contribution in [3.63, 3.8) is 0 Å². The topological polar surface area (TPSA) is 52.3 Å². The Morgan fingerprint density at radius 3 is 2.08 bits per heavy atom. The van der Waals surface area contributed by atoms with Crippen molar-refractivity contribution in [3.8, 4) is 11.1 Å². The van der Waals surface area contributed by atoms with Crippen LogP contribution in [0.3, 0.4) is 0 Å². The summed E-state index contributed by atoms with van der Waals surface area (Å²) in [5.74, 6) is -0.127. The van der Waals surface area contributed by atoms with Gasteiger partial charge in [-0.05, 0) is 35.1 Å². The van der Waals surface area contributed by atoms with E-state index in [1.54, 1.807) is 0 Å². The van der Waals surface area contributed by atoms with Gasteiger partial charge in [-0.3, -0.25) is 4.79 Å². The van der Waals surface area contributed by atoms with Crippen molar-refractivity contribution in [2.75, 3.05) is 6.61 Å². The molecule has 0 radical (unpaired) electrons. The zero-order chi connectivity index (χ0) is 16.6. The van der Waals surface area contributed by atoms with Gasteiger partial charge in [0.15, 0.2) is 0 Å². The number of hydrogen-bond acceptors (Lipinski definition) is 3. The molecular weight excluding hydrogens is 298 g/mol. The van der Waals surface area contributed by atoms with Gasteiger partial charge in [0.1, 0.15) is 12.1 Å². The van der Waals surface area contributed by atoms with Crippen LogP contribution in [0.4, 0.5) is 0 Å². The smallest absolute Gasteiger partial charge is 0.326 e. The summed E-state index contributed by atoms with van der Waals surface area (Å²) >= 11 is 0. The highest BCUT2D eigenvalue weighted by Gasteiger charge is 2.38. The predicted molar refractivity (Wildman–Crippen MR) is 94.7 cm³/mol. The average molecular weight is 321 g/mol. The van der Waals surface area contributed by atoms with Crippen LogP contribution in [0.5, 0.6) is 0 Å². The fraction of sp³-hybridized carbons (Fsp3) is 0.381. The number of carbonyl (C=O) groups excluding carboxylic acids is 1. The van der Waals surface area contributed by atoms with E-state index in [0.717, 1.165) is 32.1 Å². The number of nitrogens with two attached hydrogens (primary N) is 1. The Balaban J connectivity index is 1.56. The minimum atomic E-state index is -0.782. The monoisotopic (exact) mass is 321 g/mol. The molecule has 24 heavy (non-hydrogen) atoms. The summed E-state index contributed by atoms with van der Waals surface area (Å²) in [7, 11) is 0. The van der Waals surface area contributed by atoms with Gasteiger partial charge in [-0.1, -0.05) is 67.8 Å². The van der Waals surface area contributed by atoms with Crippen molar-refractivity contribution in [3.05, 3.63) is 59.7 Å². The Labute approximate surface area is 142 Å². The molecule has 1 fully saturated rings. The third kappa shape index (κ3) is 2.53. The number of fused-ring (bicyclic) bond motifs is 3. The lowest BCUT2D eigenvalue weighted by Crippen LogP contribution is -2.50. The largest absolute Gasteiger partial charge is 0.463 e. The number of benzene rings is 2. The second kappa shape index (κ2) is 6.06. The first-order valence-corrected chi connectivity index (χ1v) is 8.83. The van der Waals surface area contributed by atoms with E-state index < -0.39 is 5.54 Å². The zero-order valence-electron chi connectivity index (χ0n) is 13.8.